The van der Waals surface area contributed by atoms with E-state index < -0.39 is 5.97 Å². The van der Waals surface area contributed by atoms with Gasteiger partial charge >= 0.3 is 5.97 Å². The van der Waals surface area contributed by atoms with Gasteiger partial charge in [-0.2, -0.15) is 0 Å². The number of fused-ring (bicyclic) bond motifs is 2. The lowest BCUT2D eigenvalue weighted by atomic mass is 10.1. The van der Waals surface area contributed by atoms with Crippen LogP contribution in [0.1, 0.15) is 31.8 Å². The van der Waals surface area contributed by atoms with E-state index in [0.717, 1.165) is 5.56 Å². The number of Topliss-reactive ketones (excluding diaryl/α,β-unsaturated/α-hetero) is 1. The van der Waals surface area contributed by atoms with Gasteiger partial charge in [-0.1, -0.05) is 35.3 Å². The highest BCUT2D eigenvalue weighted by atomic mass is 35.5. The van der Waals surface area contributed by atoms with E-state index in [0.29, 0.717) is 28.5 Å². The zero-order valence-corrected chi connectivity index (χ0v) is 17.9. The van der Waals surface area contributed by atoms with Gasteiger partial charge in [0.15, 0.2) is 12.6 Å². The zero-order chi connectivity index (χ0) is 22.2. The molecule has 2 aliphatic rings. The van der Waals surface area contributed by atoms with Crippen LogP contribution in [0.5, 0.6) is 17.2 Å². The van der Waals surface area contributed by atoms with Crippen molar-refractivity contribution in [3.63, 3.8) is 0 Å². The smallest absolute Gasteiger partial charge is 0.345 e. The van der Waals surface area contributed by atoms with E-state index in [9.17, 15) is 9.59 Å². The van der Waals surface area contributed by atoms with Gasteiger partial charge in [0.2, 0.25) is 5.78 Å². The molecule has 0 N–H and O–H groups in total. The van der Waals surface area contributed by atoms with Gasteiger partial charge in [0.1, 0.15) is 17.2 Å². The van der Waals surface area contributed by atoms with Crippen molar-refractivity contribution in [2.75, 3.05) is 6.79 Å². The van der Waals surface area contributed by atoms with Gasteiger partial charge in [-0.25, -0.2) is 4.79 Å². The zero-order valence-electron chi connectivity index (χ0n) is 16.4. The van der Waals surface area contributed by atoms with E-state index in [-0.39, 0.29) is 40.4 Å². The summed E-state index contributed by atoms with van der Waals surface area (Å²) in [6.45, 7) is 0.473. The van der Waals surface area contributed by atoms with E-state index in [1.807, 2.05) is 0 Å². The Bertz CT molecular complexity index is 1300. The lowest BCUT2D eigenvalue weighted by Crippen LogP contribution is -2.12. The monoisotopic (exact) mass is 468 g/mol. The number of esters is 1. The Morgan fingerprint density at radius 1 is 1.06 bits per heavy atom. The van der Waals surface area contributed by atoms with Crippen LogP contribution in [0.15, 0.2) is 60.4 Å². The van der Waals surface area contributed by atoms with E-state index in [1.54, 1.807) is 48.5 Å². The van der Waals surface area contributed by atoms with Crippen molar-refractivity contribution in [3.8, 4) is 17.2 Å². The second-order valence-corrected chi connectivity index (χ2v) is 7.90. The first-order valence-electron chi connectivity index (χ1n) is 9.57. The number of ketones is 1. The summed E-state index contributed by atoms with van der Waals surface area (Å²) in [5.41, 5.74) is 1.99. The number of ether oxygens (including phenoxy) is 4. The largest absolute Gasteiger partial charge is 0.467 e. The number of hydrogen-bond acceptors (Lipinski definition) is 6. The van der Waals surface area contributed by atoms with E-state index in [4.69, 9.17) is 42.1 Å². The molecule has 3 aromatic carbocycles. The summed E-state index contributed by atoms with van der Waals surface area (Å²) in [6.07, 6.45) is 1.58. The minimum Gasteiger partial charge on any atom is -0.467 e. The van der Waals surface area contributed by atoms with Crippen LogP contribution >= 0.6 is 23.2 Å². The van der Waals surface area contributed by atoms with Crippen LogP contribution in [0, 0.1) is 0 Å². The molecule has 2 aliphatic heterocycles. The van der Waals surface area contributed by atoms with Crippen molar-refractivity contribution >= 4 is 41.0 Å². The van der Waals surface area contributed by atoms with Crippen LogP contribution in [0.4, 0.5) is 0 Å². The number of allylic oxidation sites excluding steroid dienone is 1. The fraction of sp³-hybridized carbons (Fsp3) is 0.0833. The highest BCUT2D eigenvalue weighted by molar-refractivity contribution is 6.33. The lowest BCUT2D eigenvalue weighted by molar-refractivity contribution is -0.0165. The predicted octanol–water partition coefficient (Wildman–Crippen LogP) is 5.70. The van der Waals surface area contributed by atoms with Crippen LogP contribution in [-0.4, -0.2) is 18.5 Å². The maximum atomic E-state index is 12.8. The molecule has 0 aliphatic carbocycles. The maximum Gasteiger partial charge on any atom is 0.345 e. The number of hydrogen-bond donors (Lipinski definition) is 0. The Morgan fingerprint density at radius 3 is 2.75 bits per heavy atom. The summed E-state index contributed by atoms with van der Waals surface area (Å²) in [4.78, 5) is 25.2. The number of carbonyl (C=O) groups is 2. The molecule has 0 saturated carbocycles. The molecule has 160 valence electrons. The van der Waals surface area contributed by atoms with Crippen LogP contribution in [0.25, 0.3) is 6.08 Å². The quantitative estimate of drug-likeness (QED) is 0.279. The molecule has 0 spiro atoms. The molecule has 3 aromatic rings. The third-order valence-corrected chi connectivity index (χ3v) is 5.48. The van der Waals surface area contributed by atoms with Crippen LogP contribution < -0.4 is 14.2 Å². The van der Waals surface area contributed by atoms with Gasteiger partial charge in [-0.15, -0.1) is 0 Å². The molecule has 0 radical (unpaired) electrons. The van der Waals surface area contributed by atoms with Crippen molar-refractivity contribution in [2.45, 2.75) is 6.61 Å². The fourth-order valence-electron chi connectivity index (χ4n) is 3.48. The molecule has 0 unspecified atom stereocenters. The second kappa shape index (κ2) is 8.31. The summed E-state index contributed by atoms with van der Waals surface area (Å²) < 4.78 is 22.0. The first kappa shape index (κ1) is 20.6. The van der Waals surface area contributed by atoms with Crippen molar-refractivity contribution in [1.82, 2.24) is 0 Å². The molecular formula is C24H14Cl2O6. The predicted molar refractivity (Wildman–Crippen MR) is 118 cm³/mol. The van der Waals surface area contributed by atoms with Crippen LogP contribution in [0.3, 0.4) is 0 Å². The number of carbonyl (C=O) groups excluding carboxylic acids is 2. The van der Waals surface area contributed by atoms with Crippen molar-refractivity contribution in [3.05, 3.63) is 92.7 Å². The van der Waals surface area contributed by atoms with Gasteiger partial charge in [-0.3, -0.25) is 4.79 Å². The molecule has 6 nitrogen and oxygen atoms in total. The molecule has 5 rings (SSSR count). The molecule has 32 heavy (non-hydrogen) atoms. The molecule has 0 saturated heterocycles. The van der Waals surface area contributed by atoms with Crippen molar-refractivity contribution in [2.24, 2.45) is 0 Å². The summed E-state index contributed by atoms with van der Waals surface area (Å²) in [5, 5.41) is 0.772. The number of benzene rings is 3. The highest BCUT2D eigenvalue weighted by Crippen LogP contribution is 2.38. The fourth-order valence-corrected chi connectivity index (χ4v) is 3.94. The van der Waals surface area contributed by atoms with E-state index in [1.165, 1.54) is 12.1 Å². The molecule has 0 amide bonds. The van der Waals surface area contributed by atoms with Gasteiger partial charge in [0.05, 0.1) is 22.8 Å². The summed E-state index contributed by atoms with van der Waals surface area (Å²) in [6, 6.07) is 14.6. The summed E-state index contributed by atoms with van der Waals surface area (Å²) in [5.74, 6) is 0.295. The Balaban J connectivity index is 1.42. The van der Waals surface area contributed by atoms with Crippen molar-refractivity contribution in [1.29, 1.82) is 0 Å². The van der Waals surface area contributed by atoms with Gasteiger partial charge < -0.3 is 18.9 Å². The third-order valence-electron chi connectivity index (χ3n) is 4.94. The minimum absolute atomic E-state index is 0.106. The Labute approximate surface area is 192 Å². The lowest BCUT2D eigenvalue weighted by Gasteiger charge is -2.20. The third kappa shape index (κ3) is 3.84. The first-order valence-corrected chi connectivity index (χ1v) is 10.3. The standard InChI is InChI=1S/C24H14Cl2O6/c25-15-7-13(23-14(8-15)11-29-12-30-23)9-21-22(27)18-6-5-16(10-20(18)32-21)31-24(28)17-3-1-2-4-19(17)26/h1-10H,11-12H2. The van der Waals surface area contributed by atoms with E-state index >= 15 is 0 Å². The average molecular weight is 469 g/mol. The van der Waals surface area contributed by atoms with Gasteiger partial charge in [0.25, 0.3) is 0 Å². The average Bonchev–Trinajstić information content (AvgIpc) is 3.08. The normalized spacial score (nSPS) is 15.6. The minimum atomic E-state index is -0.611. The molecule has 0 aromatic heterocycles. The van der Waals surface area contributed by atoms with Crippen LogP contribution in [0.2, 0.25) is 10.0 Å². The SMILES string of the molecule is O=C(Oc1ccc2c(c1)OC(=Cc1cc(Cl)cc3c1OCOC3)C2=O)c1ccccc1Cl. The van der Waals surface area contributed by atoms with Gasteiger partial charge in [0, 0.05) is 22.2 Å². The molecule has 0 bridgehead atoms. The number of halogens is 2. The Morgan fingerprint density at radius 2 is 1.91 bits per heavy atom. The Hall–Kier alpha value is -3.32. The molecule has 0 atom stereocenters. The maximum absolute atomic E-state index is 12.8. The Kier molecular flexibility index (Phi) is 5.35. The summed E-state index contributed by atoms with van der Waals surface area (Å²) >= 11 is 12.3. The molecular weight excluding hydrogens is 455 g/mol. The topological polar surface area (TPSA) is 71.1 Å². The summed E-state index contributed by atoms with van der Waals surface area (Å²) in [7, 11) is 0. The second-order valence-electron chi connectivity index (χ2n) is 7.06. The highest BCUT2D eigenvalue weighted by Gasteiger charge is 2.29. The van der Waals surface area contributed by atoms with E-state index in [2.05, 4.69) is 0 Å². The molecule has 8 heteroatoms. The van der Waals surface area contributed by atoms with Crippen LogP contribution in [-0.2, 0) is 11.3 Å². The van der Waals surface area contributed by atoms with Crippen molar-refractivity contribution < 1.29 is 28.5 Å². The number of rotatable bonds is 3. The first-order chi connectivity index (χ1) is 15.5. The van der Waals surface area contributed by atoms with Gasteiger partial charge in [-0.05, 0) is 42.5 Å². The molecule has 0 fully saturated rings. The molecule has 2 heterocycles.